The Morgan fingerprint density at radius 2 is 2.17 bits per heavy atom. The number of nitrogens with zero attached hydrogens (tertiary/aromatic N) is 4. The SMILES string of the molecule is Cc1nc(C)n(CC(=O)N2CCc3sccc3[C@H]2c2cccs2)n1. The predicted molar refractivity (Wildman–Crippen MR) is 95.4 cm³/mol. The number of hydrogen-bond donors (Lipinski definition) is 0. The fourth-order valence-electron chi connectivity index (χ4n) is 3.27. The molecule has 24 heavy (non-hydrogen) atoms. The van der Waals surface area contributed by atoms with Crippen LogP contribution in [-0.2, 0) is 17.8 Å². The van der Waals surface area contributed by atoms with Crippen molar-refractivity contribution in [2.45, 2.75) is 32.9 Å². The second-order valence-electron chi connectivity index (χ2n) is 5.92. The fourth-order valence-corrected chi connectivity index (χ4v) is 5.03. The first-order chi connectivity index (χ1) is 11.6. The Bertz CT molecular complexity index is 865. The standard InChI is InChI=1S/C17H18N4OS2/c1-11-18-12(2)21(19-11)10-16(22)20-7-5-14-13(6-9-24-14)17(20)15-4-3-8-23-15/h3-4,6,8-9,17H,5,7,10H2,1-2H3/t17-/m0/s1. The van der Waals surface area contributed by atoms with Crippen LogP contribution in [0.4, 0.5) is 0 Å². The lowest BCUT2D eigenvalue weighted by atomic mass is 9.98. The monoisotopic (exact) mass is 358 g/mol. The van der Waals surface area contributed by atoms with Gasteiger partial charge in [-0.05, 0) is 48.7 Å². The number of hydrogen-bond acceptors (Lipinski definition) is 5. The third-order valence-corrected chi connectivity index (χ3v) is 6.27. The van der Waals surface area contributed by atoms with Crippen molar-refractivity contribution < 1.29 is 4.79 Å². The van der Waals surface area contributed by atoms with Crippen molar-refractivity contribution in [1.29, 1.82) is 0 Å². The van der Waals surface area contributed by atoms with Crippen molar-refractivity contribution in [3.05, 3.63) is 55.9 Å². The van der Waals surface area contributed by atoms with Crippen LogP contribution in [0.15, 0.2) is 29.0 Å². The second-order valence-corrected chi connectivity index (χ2v) is 7.90. The molecule has 1 aliphatic rings. The molecule has 0 radical (unpaired) electrons. The van der Waals surface area contributed by atoms with Crippen molar-refractivity contribution in [3.8, 4) is 0 Å². The molecule has 1 amide bonds. The van der Waals surface area contributed by atoms with Crippen LogP contribution in [-0.4, -0.2) is 32.1 Å². The lowest BCUT2D eigenvalue weighted by molar-refractivity contribution is -0.134. The Kier molecular flexibility index (Phi) is 3.97. The number of aryl methyl sites for hydroxylation is 2. The highest BCUT2D eigenvalue weighted by atomic mass is 32.1. The van der Waals surface area contributed by atoms with Gasteiger partial charge in [0.15, 0.2) is 0 Å². The van der Waals surface area contributed by atoms with Gasteiger partial charge in [-0.15, -0.1) is 22.7 Å². The van der Waals surface area contributed by atoms with Gasteiger partial charge in [-0.1, -0.05) is 6.07 Å². The van der Waals surface area contributed by atoms with Gasteiger partial charge in [-0.3, -0.25) is 4.79 Å². The van der Waals surface area contributed by atoms with Crippen LogP contribution in [0.25, 0.3) is 0 Å². The highest BCUT2D eigenvalue weighted by Crippen LogP contribution is 2.39. The molecular weight excluding hydrogens is 340 g/mol. The van der Waals surface area contributed by atoms with Crippen LogP contribution >= 0.6 is 22.7 Å². The molecule has 124 valence electrons. The third kappa shape index (κ3) is 2.67. The van der Waals surface area contributed by atoms with Crippen LogP contribution in [0.2, 0.25) is 0 Å². The molecule has 1 aliphatic heterocycles. The zero-order valence-electron chi connectivity index (χ0n) is 13.6. The molecular formula is C17H18N4OS2. The summed E-state index contributed by atoms with van der Waals surface area (Å²) < 4.78 is 1.70. The average molecular weight is 358 g/mol. The third-order valence-electron chi connectivity index (χ3n) is 4.35. The molecule has 0 fully saturated rings. The lowest BCUT2D eigenvalue weighted by Crippen LogP contribution is -2.41. The van der Waals surface area contributed by atoms with Crippen molar-refractivity contribution in [2.24, 2.45) is 0 Å². The summed E-state index contributed by atoms with van der Waals surface area (Å²) in [6.07, 6.45) is 0.927. The normalized spacial score (nSPS) is 17.1. The van der Waals surface area contributed by atoms with Gasteiger partial charge in [0.05, 0.1) is 6.04 Å². The van der Waals surface area contributed by atoms with E-state index in [1.54, 1.807) is 27.4 Å². The largest absolute Gasteiger partial charge is 0.329 e. The summed E-state index contributed by atoms with van der Waals surface area (Å²) in [5.74, 6) is 1.58. The Labute approximate surface area is 148 Å². The molecule has 3 aromatic rings. The highest BCUT2D eigenvalue weighted by Gasteiger charge is 2.33. The van der Waals surface area contributed by atoms with Gasteiger partial charge in [0.25, 0.3) is 0 Å². The number of amides is 1. The van der Waals surface area contributed by atoms with Crippen LogP contribution in [0.3, 0.4) is 0 Å². The van der Waals surface area contributed by atoms with Crippen LogP contribution in [0.1, 0.15) is 33.0 Å². The summed E-state index contributed by atoms with van der Waals surface area (Å²) in [5.41, 5.74) is 1.27. The minimum atomic E-state index is 0.0254. The molecule has 5 nitrogen and oxygen atoms in total. The minimum Gasteiger partial charge on any atom is -0.329 e. The van der Waals surface area contributed by atoms with E-state index in [4.69, 9.17) is 0 Å². The molecule has 0 N–H and O–H groups in total. The van der Waals surface area contributed by atoms with Crippen molar-refractivity contribution in [1.82, 2.24) is 19.7 Å². The van der Waals surface area contributed by atoms with E-state index in [1.165, 1.54) is 15.3 Å². The minimum absolute atomic E-state index is 0.0254. The number of fused-ring (bicyclic) bond motifs is 1. The molecule has 7 heteroatoms. The Morgan fingerprint density at radius 3 is 2.88 bits per heavy atom. The summed E-state index contributed by atoms with van der Waals surface area (Å²) >= 11 is 3.50. The van der Waals surface area contributed by atoms with Gasteiger partial charge in [-0.25, -0.2) is 9.67 Å². The van der Waals surface area contributed by atoms with Crippen LogP contribution in [0, 0.1) is 13.8 Å². The maximum absolute atomic E-state index is 13.0. The van der Waals surface area contributed by atoms with Crippen molar-refractivity contribution >= 4 is 28.6 Å². The van der Waals surface area contributed by atoms with Crippen LogP contribution in [0.5, 0.6) is 0 Å². The Morgan fingerprint density at radius 1 is 1.29 bits per heavy atom. The zero-order chi connectivity index (χ0) is 16.7. The van der Waals surface area contributed by atoms with E-state index in [-0.39, 0.29) is 18.5 Å². The first-order valence-electron chi connectivity index (χ1n) is 7.90. The van der Waals surface area contributed by atoms with Gasteiger partial charge in [-0.2, -0.15) is 5.10 Å². The van der Waals surface area contributed by atoms with Gasteiger partial charge in [0, 0.05) is 16.3 Å². The lowest BCUT2D eigenvalue weighted by Gasteiger charge is -2.35. The van der Waals surface area contributed by atoms with E-state index in [1.807, 2.05) is 24.8 Å². The van der Waals surface area contributed by atoms with E-state index < -0.39 is 0 Å². The summed E-state index contributed by atoms with van der Waals surface area (Å²) in [4.78, 5) is 21.9. The summed E-state index contributed by atoms with van der Waals surface area (Å²) in [7, 11) is 0. The van der Waals surface area contributed by atoms with E-state index in [0.717, 1.165) is 18.8 Å². The number of aromatic nitrogens is 3. The molecule has 0 unspecified atom stereocenters. The quantitative estimate of drug-likeness (QED) is 0.722. The van der Waals surface area contributed by atoms with E-state index in [2.05, 4.69) is 33.0 Å². The topological polar surface area (TPSA) is 51.0 Å². The maximum atomic E-state index is 13.0. The predicted octanol–water partition coefficient (Wildman–Crippen LogP) is 3.19. The molecule has 4 heterocycles. The van der Waals surface area contributed by atoms with Gasteiger partial charge >= 0.3 is 0 Å². The second kappa shape index (κ2) is 6.14. The van der Waals surface area contributed by atoms with E-state index >= 15 is 0 Å². The number of carbonyl (C=O) groups is 1. The van der Waals surface area contributed by atoms with E-state index in [0.29, 0.717) is 5.82 Å². The number of rotatable bonds is 3. The Balaban J connectivity index is 1.66. The first kappa shape index (κ1) is 15.5. The summed E-state index contributed by atoms with van der Waals surface area (Å²) in [5, 5.41) is 8.53. The summed E-state index contributed by atoms with van der Waals surface area (Å²) in [6, 6.07) is 6.35. The van der Waals surface area contributed by atoms with Crippen LogP contribution < -0.4 is 0 Å². The van der Waals surface area contributed by atoms with Crippen molar-refractivity contribution in [2.75, 3.05) is 6.54 Å². The molecule has 0 aromatic carbocycles. The molecule has 0 saturated heterocycles. The Hall–Kier alpha value is -1.99. The summed E-state index contributed by atoms with van der Waals surface area (Å²) in [6.45, 7) is 4.73. The average Bonchev–Trinajstić information content (AvgIpc) is 3.28. The van der Waals surface area contributed by atoms with Gasteiger partial charge in [0.1, 0.15) is 18.2 Å². The molecule has 0 bridgehead atoms. The molecule has 0 spiro atoms. The van der Waals surface area contributed by atoms with Gasteiger partial charge < -0.3 is 4.90 Å². The molecule has 4 rings (SSSR count). The molecule has 0 aliphatic carbocycles. The van der Waals surface area contributed by atoms with Gasteiger partial charge in [0.2, 0.25) is 5.91 Å². The smallest absolute Gasteiger partial charge is 0.245 e. The molecule has 3 aromatic heterocycles. The number of carbonyl (C=O) groups excluding carboxylic acids is 1. The van der Waals surface area contributed by atoms with E-state index in [9.17, 15) is 4.79 Å². The van der Waals surface area contributed by atoms with Crippen molar-refractivity contribution in [3.63, 3.8) is 0 Å². The molecule has 0 saturated carbocycles. The highest BCUT2D eigenvalue weighted by molar-refractivity contribution is 7.10. The number of thiophene rings is 2. The molecule has 1 atom stereocenters. The fraction of sp³-hybridized carbons (Fsp3) is 0.353. The zero-order valence-corrected chi connectivity index (χ0v) is 15.2. The maximum Gasteiger partial charge on any atom is 0.245 e. The first-order valence-corrected chi connectivity index (χ1v) is 9.66.